The van der Waals surface area contributed by atoms with Crippen molar-refractivity contribution in [2.45, 2.75) is 32.8 Å². The van der Waals surface area contributed by atoms with E-state index in [1.54, 1.807) is 4.90 Å². The fraction of sp³-hybridized carbons (Fsp3) is 0.438. The minimum Gasteiger partial charge on any atom is -0.508 e. The quantitative estimate of drug-likeness (QED) is 0.861. The molecule has 1 aliphatic heterocycles. The van der Waals surface area contributed by atoms with Gasteiger partial charge in [0.05, 0.1) is 0 Å². The summed E-state index contributed by atoms with van der Waals surface area (Å²) in [6.07, 6.45) is 2.11. The van der Waals surface area contributed by atoms with Crippen LogP contribution in [0.3, 0.4) is 0 Å². The molecule has 0 saturated heterocycles. The van der Waals surface area contributed by atoms with Gasteiger partial charge in [-0.25, -0.2) is 9.18 Å². The average molecular weight is 293 g/mol. The molecule has 114 valence electrons. The topological polar surface area (TPSA) is 49.8 Å². The minimum atomic E-state index is -0.518. The molecule has 0 aliphatic carbocycles. The molecule has 0 fully saturated rings. The molecule has 0 unspecified atom stereocenters. The highest BCUT2D eigenvalue weighted by Gasteiger charge is 2.24. The summed E-state index contributed by atoms with van der Waals surface area (Å²) in [5, 5.41) is 9.44. The maximum Gasteiger partial charge on any atom is 0.410 e. The van der Waals surface area contributed by atoms with Crippen LogP contribution in [0.2, 0.25) is 0 Å². The number of hydrogen-bond acceptors (Lipinski definition) is 3. The normalized spacial score (nSPS) is 15.6. The molecule has 0 bridgehead atoms. The van der Waals surface area contributed by atoms with Crippen molar-refractivity contribution in [1.82, 2.24) is 4.90 Å². The van der Waals surface area contributed by atoms with E-state index in [2.05, 4.69) is 0 Å². The van der Waals surface area contributed by atoms with E-state index >= 15 is 0 Å². The van der Waals surface area contributed by atoms with E-state index in [1.807, 2.05) is 26.8 Å². The SMILES string of the molecule is CC(C)(C)OC(=O)N1CC=C(c2cc(O)cc(F)c2)CC1. The van der Waals surface area contributed by atoms with Crippen molar-refractivity contribution in [3.05, 3.63) is 35.7 Å². The standard InChI is InChI=1S/C16H20FNO3/c1-16(2,3)21-15(20)18-6-4-11(5-7-18)12-8-13(17)10-14(19)9-12/h4,8-10,19H,5-7H2,1-3H3. The molecule has 2 rings (SSSR count). The molecule has 1 aliphatic rings. The van der Waals surface area contributed by atoms with Crippen molar-refractivity contribution >= 4 is 11.7 Å². The number of nitrogens with zero attached hydrogens (tertiary/aromatic N) is 1. The molecule has 0 atom stereocenters. The number of benzene rings is 1. The third-order valence-corrected chi connectivity index (χ3v) is 3.11. The molecule has 1 aromatic carbocycles. The first-order valence-corrected chi connectivity index (χ1v) is 6.91. The highest BCUT2D eigenvalue weighted by Crippen LogP contribution is 2.26. The summed E-state index contributed by atoms with van der Waals surface area (Å²) >= 11 is 0. The van der Waals surface area contributed by atoms with Crippen LogP contribution in [0.15, 0.2) is 24.3 Å². The van der Waals surface area contributed by atoms with Crippen molar-refractivity contribution in [3.8, 4) is 5.75 Å². The smallest absolute Gasteiger partial charge is 0.410 e. The second-order valence-electron chi connectivity index (χ2n) is 6.10. The number of carbonyl (C=O) groups is 1. The van der Waals surface area contributed by atoms with Gasteiger partial charge in [0.25, 0.3) is 0 Å². The van der Waals surface area contributed by atoms with Gasteiger partial charge < -0.3 is 14.7 Å². The molecular formula is C16H20FNO3. The fourth-order valence-corrected chi connectivity index (χ4v) is 2.18. The van der Waals surface area contributed by atoms with Crippen LogP contribution in [0.25, 0.3) is 5.57 Å². The van der Waals surface area contributed by atoms with Gasteiger partial charge in [0.15, 0.2) is 0 Å². The van der Waals surface area contributed by atoms with Crippen LogP contribution in [0.4, 0.5) is 9.18 Å². The van der Waals surface area contributed by atoms with Crippen LogP contribution in [0.1, 0.15) is 32.8 Å². The van der Waals surface area contributed by atoms with Crippen LogP contribution >= 0.6 is 0 Å². The lowest BCUT2D eigenvalue weighted by Gasteiger charge is -2.29. The van der Waals surface area contributed by atoms with E-state index < -0.39 is 11.4 Å². The lowest BCUT2D eigenvalue weighted by atomic mass is 9.99. The van der Waals surface area contributed by atoms with Crippen molar-refractivity contribution in [2.24, 2.45) is 0 Å². The number of phenols is 1. The number of carbonyl (C=O) groups excluding carboxylic acids is 1. The maximum atomic E-state index is 13.3. The number of aromatic hydroxyl groups is 1. The summed E-state index contributed by atoms with van der Waals surface area (Å²) < 4.78 is 18.6. The Hall–Kier alpha value is -2.04. The van der Waals surface area contributed by atoms with Crippen molar-refractivity contribution in [2.75, 3.05) is 13.1 Å². The molecule has 0 saturated carbocycles. The second kappa shape index (κ2) is 5.76. The van der Waals surface area contributed by atoms with Crippen LogP contribution in [-0.2, 0) is 4.74 Å². The summed E-state index contributed by atoms with van der Waals surface area (Å²) in [4.78, 5) is 13.5. The Balaban J connectivity index is 2.06. The Kier molecular flexibility index (Phi) is 4.21. The zero-order valence-electron chi connectivity index (χ0n) is 12.5. The predicted molar refractivity (Wildman–Crippen MR) is 78.5 cm³/mol. The Morgan fingerprint density at radius 3 is 2.57 bits per heavy atom. The van der Waals surface area contributed by atoms with Gasteiger partial charge in [-0.15, -0.1) is 0 Å². The molecule has 0 radical (unpaired) electrons. The van der Waals surface area contributed by atoms with Gasteiger partial charge in [-0.1, -0.05) is 6.08 Å². The maximum absolute atomic E-state index is 13.3. The molecule has 1 amide bonds. The summed E-state index contributed by atoms with van der Waals surface area (Å²) in [7, 11) is 0. The first-order chi connectivity index (χ1) is 9.74. The Morgan fingerprint density at radius 2 is 2.05 bits per heavy atom. The molecule has 21 heavy (non-hydrogen) atoms. The van der Waals surface area contributed by atoms with E-state index in [4.69, 9.17) is 4.74 Å². The van der Waals surface area contributed by atoms with Crippen LogP contribution in [0, 0.1) is 5.82 Å². The first-order valence-electron chi connectivity index (χ1n) is 6.91. The third-order valence-electron chi connectivity index (χ3n) is 3.11. The molecule has 1 heterocycles. The van der Waals surface area contributed by atoms with Crippen LogP contribution in [-0.4, -0.2) is 34.8 Å². The van der Waals surface area contributed by atoms with E-state index in [1.165, 1.54) is 12.1 Å². The van der Waals surface area contributed by atoms with Gasteiger partial charge >= 0.3 is 6.09 Å². The second-order valence-corrected chi connectivity index (χ2v) is 6.10. The Bertz CT molecular complexity index is 555. The molecular weight excluding hydrogens is 273 g/mol. The predicted octanol–water partition coefficient (Wildman–Crippen LogP) is 3.56. The number of amides is 1. The van der Waals surface area contributed by atoms with Gasteiger partial charge in [0.1, 0.15) is 17.2 Å². The Morgan fingerprint density at radius 1 is 1.33 bits per heavy atom. The zero-order chi connectivity index (χ0) is 15.6. The monoisotopic (exact) mass is 293 g/mol. The van der Waals surface area contributed by atoms with Gasteiger partial charge in [-0.3, -0.25) is 0 Å². The van der Waals surface area contributed by atoms with Gasteiger partial charge in [-0.2, -0.15) is 0 Å². The molecule has 1 N–H and O–H groups in total. The van der Waals surface area contributed by atoms with Gasteiger partial charge in [0, 0.05) is 19.2 Å². The van der Waals surface area contributed by atoms with E-state index in [0.717, 1.165) is 11.6 Å². The van der Waals surface area contributed by atoms with Crippen molar-refractivity contribution in [1.29, 1.82) is 0 Å². The van der Waals surface area contributed by atoms with Gasteiger partial charge in [-0.05, 0) is 50.5 Å². The summed E-state index contributed by atoms with van der Waals surface area (Å²) in [6.45, 7) is 6.41. The summed E-state index contributed by atoms with van der Waals surface area (Å²) in [5.74, 6) is -0.569. The average Bonchev–Trinajstić information content (AvgIpc) is 2.35. The minimum absolute atomic E-state index is 0.0968. The Labute approximate surface area is 123 Å². The number of halogens is 1. The first kappa shape index (κ1) is 15.4. The molecule has 5 heteroatoms. The number of hydrogen-bond donors (Lipinski definition) is 1. The fourth-order valence-electron chi connectivity index (χ4n) is 2.18. The molecule has 0 spiro atoms. The number of ether oxygens (including phenoxy) is 1. The van der Waals surface area contributed by atoms with Crippen molar-refractivity contribution < 1.29 is 19.0 Å². The lowest BCUT2D eigenvalue weighted by molar-refractivity contribution is 0.0270. The molecule has 0 aromatic heterocycles. The largest absolute Gasteiger partial charge is 0.508 e. The highest BCUT2D eigenvalue weighted by atomic mass is 19.1. The van der Waals surface area contributed by atoms with Crippen LogP contribution < -0.4 is 0 Å². The molecule has 4 nitrogen and oxygen atoms in total. The number of phenolic OH excluding ortho intramolecular Hbond substituents is 1. The van der Waals surface area contributed by atoms with E-state index in [0.29, 0.717) is 25.1 Å². The highest BCUT2D eigenvalue weighted by molar-refractivity contribution is 5.73. The summed E-state index contributed by atoms with van der Waals surface area (Å²) in [6, 6.07) is 3.98. The van der Waals surface area contributed by atoms with E-state index in [-0.39, 0.29) is 11.8 Å². The third kappa shape index (κ3) is 4.21. The van der Waals surface area contributed by atoms with Gasteiger partial charge in [0.2, 0.25) is 0 Å². The lowest BCUT2D eigenvalue weighted by Crippen LogP contribution is -2.39. The van der Waals surface area contributed by atoms with Crippen molar-refractivity contribution in [3.63, 3.8) is 0 Å². The molecule has 1 aromatic rings. The van der Waals surface area contributed by atoms with Crippen LogP contribution in [0.5, 0.6) is 5.75 Å². The summed E-state index contributed by atoms with van der Waals surface area (Å²) in [5.41, 5.74) is 1.05. The number of rotatable bonds is 1. The zero-order valence-corrected chi connectivity index (χ0v) is 12.5. The van der Waals surface area contributed by atoms with E-state index in [9.17, 15) is 14.3 Å².